The summed E-state index contributed by atoms with van der Waals surface area (Å²) in [5.41, 5.74) is 0.722. The third-order valence-electron chi connectivity index (χ3n) is 3.12. The van der Waals surface area contributed by atoms with Crippen LogP contribution in [0.4, 0.5) is 0 Å². The number of hydrogen-bond donors (Lipinski definition) is 0. The predicted molar refractivity (Wildman–Crippen MR) is 90.9 cm³/mol. The second-order valence-electron chi connectivity index (χ2n) is 6.15. The molecule has 0 spiro atoms. The monoisotopic (exact) mass is 440 g/mol. The number of carbonyl (C=O) groups excluding carboxylic acids is 1. The average molecular weight is 440 g/mol. The Morgan fingerprint density at radius 3 is 2.68 bits per heavy atom. The van der Waals surface area contributed by atoms with Gasteiger partial charge in [0.2, 0.25) is 0 Å². The molecule has 0 amide bonds. The normalized spacial score (nSPS) is 11.5. The van der Waals surface area contributed by atoms with Crippen LogP contribution in [0.25, 0.3) is 10.9 Å². The Kier molecular flexibility index (Phi) is 7.54. The van der Waals surface area contributed by atoms with Crippen LogP contribution in [-0.4, -0.2) is 30.4 Å². The molecule has 0 aliphatic carbocycles. The Balaban J connectivity index is 0.00000242. The van der Waals surface area contributed by atoms with Crippen LogP contribution in [0, 0.1) is 3.57 Å². The second-order valence-corrected chi connectivity index (χ2v) is 13.0. The van der Waals surface area contributed by atoms with Gasteiger partial charge in [-0.3, -0.25) is 0 Å². The van der Waals surface area contributed by atoms with Gasteiger partial charge in [0.1, 0.15) is 12.4 Å². The maximum atomic E-state index is 11.2. The molecular weight excluding hydrogens is 422 g/mol. The van der Waals surface area contributed by atoms with E-state index in [1.165, 1.54) is 0 Å². The summed E-state index contributed by atoms with van der Waals surface area (Å²) in [4.78, 5) is 11.2. The topological polar surface area (TPSA) is 67.2 Å². The Morgan fingerprint density at radius 2 is 2.09 bits per heavy atom. The molecule has 1 aromatic carbocycles. The van der Waals surface area contributed by atoms with E-state index in [1.54, 1.807) is 10.7 Å². The third kappa shape index (κ3) is 5.31. The fourth-order valence-electron chi connectivity index (χ4n) is 1.93. The number of halogens is 1. The number of rotatable bonds is 6. The van der Waals surface area contributed by atoms with E-state index in [9.17, 15) is 9.90 Å². The van der Waals surface area contributed by atoms with Crippen molar-refractivity contribution in [3.05, 3.63) is 27.5 Å². The van der Waals surface area contributed by atoms with Crippen molar-refractivity contribution in [3.63, 3.8) is 0 Å². The molecule has 1 aromatic heterocycles. The summed E-state index contributed by atoms with van der Waals surface area (Å²) in [6, 6.07) is 6.64. The first-order chi connectivity index (χ1) is 9.78. The van der Waals surface area contributed by atoms with Gasteiger partial charge >= 0.3 is 29.6 Å². The van der Waals surface area contributed by atoms with Gasteiger partial charge in [-0.2, -0.15) is 5.10 Å². The zero-order chi connectivity index (χ0) is 15.6. The van der Waals surface area contributed by atoms with Gasteiger partial charge < -0.3 is 14.6 Å². The molecule has 0 aliphatic rings. The van der Waals surface area contributed by atoms with E-state index in [0.29, 0.717) is 12.0 Å². The number of nitrogens with zero attached hydrogens (tertiary/aromatic N) is 2. The fraction of sp³-hybridized carbons (Fsp3) is 0.429. The van der Waals surface area contributed by atoms with Crippen molar-refractivity contribution in [3.8, 4) is 0 Å². The van der Waals surface area contributed by atoms with E-state index >= 15 is 0 Å². The minimum absolute atomic E-state index is 0. The molecule has 0 unspecified atom stereocenters. The van der Waals surface area contributed by atoms with Gasteiger partial charge in [-0.25, -0.2) is 4.68 Å². The molecule has 0 saturated heterocycles. The SMILES string of the molecule is C[Si](C)(C)CCOCn1nc(C(=O)[O-])c2cc(I)ccc21.[Na+]. The van der Waals surface area contributed by atoms with Gasteiger partial charge in [-0.15, -0.1) is 0 Å². The fourth-order valence-corrected chi connectivity index (χ4v) is 3.18. The Morgan fingerprint density at radius 1 is 1.41 bits per heavy atom. The van der Waals surface area contributed by atoms with E-state index in [1.807, 2.05) is 12.1 Å². The van der Waals surface area contributed by atoms with Crippen molar-refractivity contribution in [2.45, 2.75) is 32.4 Å². The molecule has 2 rings (SSSR count). The van der Waals surface area contributed by atoms with Crippen molar-refractivity contribution in [1.82, 2.24) is 9.78 Å². The molecule has 0 N–H and O–H groups in total. The van der Waals surface area contributed by atoms with Crippen molar-refractivity contribution < 1.29 is 44.2 Å². The summed E-state index contributed by atoms with van der Waals surface area (Å²) in [7, 11) is -1.13. The number of carbonyl (C=O) groups is 1. The molecule has 8 heteroatoms. The van der Waals surface area contributed by atoms with E-state index in [0.717, 1.165) is 15.1 Å². The Hall–Kier alpha value is 0.0669. The summed E-state index contributed by atoms with van der Waals surface area (Å²) in [6.45, 7) is 7.79. The summed E-state index contributed by atoms with van der Waals surface area (Å²) >= 11 is 2.14. The minimum atomic E-state index is -1.26. The van der Waals surface area contributed by atoms with Gasteiger partial charge in [0.15, 0.2) is 0 Å². The first kappa shape index (κ1) is 20.1. The van der Waals surface area contributed by atoms with Gasteiger partial charge in [0.05, 0.1) is 11.5 Å². The number of fused-ring (bicyclic) bond motifs is 1. The zero-order valence-electron chi connectivity index (χ0n) is 13.4. The molecule has 0 atom stereocenters. The van der Waals surface area contributed by atoms with Crippen LogP contribution < -0.4 is 34.7 Å². The maximum Gasteiger partial charge on any atom is 1.00 e. The van der Waals surface area contributed by atoms with Crippen LogP contribution in [0.3, 0.4) is 0 Å². The second kappa shape index (κ2) is 8.25. The van der Waals surface area contributed by atoms with Gasteiger partial charge in [-0.1, -0.05) is 19.6 Å². The van der Waals surface area contributed by atoms with E-state index in [4.69, 9.17) is 4.74 Å². The number of carboxylic acid groups (broad SMARTS) is 1. The summed E-state index contributed by atoms with van der Waals surface area (Å²) in [6.07, 6.45) is 0. The quantitative estimate of drug-likeness (QED) is 0.339. The van der Waals surface area contributed by atoms with E-state index < -0.39 is 14.0 Å². The molecule has 22 heavy (non-hydrogen) atoms. The van der Waals surface area contributed by atoms with Crippen LogP contribution >= 0.6 is 22.6 Å². The molecule has 0 aliphatic heterocycles. The van der Waals surface area contributed by atoms with Crippen molar-refractivity contribution >= 4 is 47.5 Å². The molecule has 114 valence electrons. The van der Waals surface area contributed by atoms with Crippen molar-refractivity contribution in [2.75, 3.05) is 6.61 Å². The first-order valence-electron chi connectivity index (χ1n) is 6.73. The van der Waals surface area contributed by atoms with Crippen LogP contribution in [0.15, 0.2) is 18.2 Å². The number of benzene rings is 1. The molecule has 1 heterocycles. The summed E-state index contributed by atoms with van der Waals surface area (Å²) < 4.78 is 8.19. The number of aromatic nitrogens is 2. The zero-order valence-corrected chi connectivity index (χ0v) is 18.5. The average Bonchev–Trinajstić information content (AvgIpc) is 2.71. The number of aromatic carboxylic acids is 1. The molecule has 0 bridgehead atoms. The van der Waals surface area contributed by atoms with Gasteiger partial charge in [0, 0.05) is 23.6 Å². The molecule has 5 nitrogen and oxygen atoms in total. The van der Waals surface area contributed by atoms with E-state index in [2.05, 4.69) is 47.3 Å². The minimum Gasteiger partial charge on any atom is -0.543 e. The van der Waals surface area contributed by atoms with E-state index in [-0.39, 0.29) is 42.0 Å². The largest absolute Gasteiger partial charge is 1.00 e. The first-order valence-corrected chi connectivity index (χ1v) is 11.5. The van der Waals surface area contributed by atoms with Crippen molar-refractivity contribution in [2.24, 2.45) is 0 Å². The van der Waals surface area contributed by atoms with Crippen molar-refractivity contribution in [1.29, 1.82) is 0 Å². The Labute approximate surface area is 166 Å². The van der Waals surface area contributed by atoms with Crippen LogP contribution in [0.2, 0.25) is 25.7 Å². The predicted octanol–water partition coefficient (Wildman–Crippen LogP) is -0.679. The molecular formula is C14H18IN2NaO3Si. The van der Waals surface area contributed by atoms with Crippen LogP contribution in [-0.2, 0) is 11.5 Å². The Bertz CT molecular complexity index is 670. The van der Waals surface area contributed by atoms with Gasteiger partial charge in [-0.05, 0) is 46.8 Å². The number of carboxylic acids is 1. The molecule has 0 saturated carbocycles. The summed E-state index contributed by atoms with van der Waals surface area (Å²) in [5.74, 6) is -1.26. The number of ether oxygens (including phenoxy) is 1. The maximum absolute atomic E-state index is 11.2. The van der Waals surface area contributed by atoms with Crippen LogP contribution in [0.5, 0.6) is 0 Å². The standard InChI is InChI=1S/C14H19IN2O3Si.Na/c1-21(2,3)7-6-20-9-17-12-5-4-10(15)8-11(12)13(16-17)14(18)19;/h4-5,8H,6-7,9H2,1-3H3,(H,18,19);/q;+1/p-1. The molecule has 0 radical (unpaired) electrons. The third-order valence-corrected chi connectivity index (χ3v) is 5.49. The molecule has 0 fully saturated rings. The number of hydrogen-bond acceptors (Lipinski definition) is 4. The smallest absolute Gasteiger partial charge is 0.543 e. The van der Waals surface area contributed by atoms with Crippen LogP contribution in [0.1, 0.15) is 10.5 Å². The summed E-state index contributed by atoms with van der Waals surface area (Å²) in [5, 5.41) is 15.9. The molecule has 2 aromatic rings. The van der Waals surface area contributed by atoms with Gasteiger partial charge in [0.25, 0.3) is 0 Å².